The first-order chi connectivity index (χ1) is 26.8. The fourth-order valence-electron chi connectivity index (χ4n) is 9.06. The molecule has 2 heterocycles. The van der Waals surface area contributed by atoms with Gasteiger partial charge < -0.3 is 13.7 Å². The minimum absolute atomic E-state index is 0.0163. The number of benzene rings is 7. The molecule has 7 aromatic carbocycles. The van der Waals surface area contributed by atoms with E-state index in [1.54, 1.807) is 0 Å². The average Bonchev–Trinajstić information content (AvgIpc) is 3.81. The van der Waals surface area contributed by atoms with Crippen LogP contribution in [0, 0.1) is 0 Å². The molecule has 1 aliphatic carbocycles. The number of hydrogen-bond donors (Lipinski definition) is 0. The maximum atomic E-state index is 6.90. The average molecular weight is 730 g/mol. The third-order valence-corrected chi connectivity index (χ3v) is 12.1. The highest BCUT2D eigenvalue weighted by Gasteiger charge is 2.39. The van der Waals surface area contributed by atoms with Gasteiger partial charge in [-0.15, -0.1) is 0 Å². The minimum Gasteiger partial charge on any atom is -0.456 e. The van der Waals surface area contributed by atoms with Crippen LogP contribution in [-0.4, -0.2) is 0 Å². The van der Waals surface area contributed by atoms with Crippen molar-refractivity contribution in [2.45, 2.75) is 71.6 Å². The summed E-state index contributed by atoms with van der Waals surface area (Å²) < 4.78 is 13.3. The van der Waals surface area contributed by atoms with E-state index in [1.165, 1.54) is 55.3 Å². The summed E-state index contributed by atoms with van der Waals surface area (Å²) in [5.41, 5.74) is 16.8. The van der Waals surface area contributed by atoms with Gasteiger partial charge in [-0.3, -0.25) is 0 Å². The van der Waals surface area contributed by atoms with E-state index in [0.717, 1.165) is 50.2 Å². The number of para-hydroxylation sites is 1. The highest BCUT2D eigenvalue weighted by molar-refractivity contribution is 6.16. The van der Waals surface area contributed by atoms with Gasteiger partial charge in [0, 0.05) is 55.7 Å². The Kier molecular flexibility index (Phi) is 7.36. The van der Waals surface area contributed by atoms with Crippen LogP contribution < -0.4 is 4.90 Å². The molecule has 0 spiro atoms. The highest BCUT2D eigenvalue weighted by Crippen LogP contribution is 2.55. The fourth-order valence-corrected chi connectivity index (χ4v) is 9.06. The number of hydrogen-bond acceptors (Lipinski definition) is 3. The maximum absolute atomic E-state index is 6.90. The lowest BCUT2D eigenvalue weighted by Crippen LogP contribution is -2.16. The molecular weight excluding hydrogens is 683 g/mol. The fraction of sp³-hybridized carbons (Fsp3) is 0.208. The molecule has 0 atom stereocenters. The lowest BCUT2D eigenvalue weighted by molar-refractivity contribution is 0.559. The summed E-state index contributed by atoms with van der Waals surface area (Å²) >= 11 is 0. The van der Waals surface area contributed by atoms with E-state index >= 15 is 0 Å². The highest BCUT2D eigenvalue weighted by atomic mass is 16.3. The second kappa shape index (κ2) is 12.0. The summed E-state index contributed by atoms with van der Waals surface area (Å²) in [5, 5.41) is 4.66. The Hall–Kier alpha value is -6.06. The van der Waals surface area contributed by atoms with E-state index < -0.39 is 0 Å². The Morgan fingerprint density at radius 2 is 1.12 bits per heavy atom. The van der Waals surface area contributed by atoms with E-state index in [4.69, 9.17) is 8.83 Å². The van der Waals surface area contributed by atoms with Crippen LogP contribution in [0.3, 0.4) is 0 Å². The molecular formula is C53H47NO2. The molecule has 3 nitrogen and oxygen atoms in total. The first kappa shape index (κ1) is 34.4. The van der Waals surface area contributed by atoms with E-state index in [1.807, 2.05) is 12.1 Å². The first-order valence-corrected chi connectivity index (χ1v) is 19.8. The Labute approximate surface area is 329 Å². The van der Waals surface area contributed by atoms with Gasteiger partial charge in [0.15, 0.2) is 0 Å². The second-order valence-corrected chi connectivity index (χ2v) is 18.2. The van der Waals surface area contributed by atoms with Crippen molar-refractivity contribution in [3.8, 4) is 22.3 Å². The number of furan rings is 2. The van der Waals surface area contributed by atoms with Gasteiger partial charge in [0.05, 0.1) is 0 Å². The standard InChI is InChI=1S/C53H47NO2/c1-51(2,3)34-28-41-49-46(56-50(41)44(29-34)52(4,5)6)27-26-43-48(49)40-30-36(23-25-42(40)53(43,7)8)54(35-20-18-33(19-21-35)32-14-10-9-11-15-32)37-22-24-39-38-16-12-13-17-45(38)55-47(39)31-37/h9-31H,1-8H3. The van der Waals surface area contributed by atoms with Crippen molar-refractivity contribution in [2.24, 2.45) is 0 Å². The van der Waals surface area contributed by atoms with Gasteiger partial charge in [-0.2, -0.15) is 0 Å². The van der Waals surface area contributed by atoms with Crippen LogP contribution in [0.4, 0.5) is 17.1 Å². The van der Waals surface area contributed by atoms with Crippen molar-refractivity contribution < 1.29 is 8.83 Å². The van der Waals surface area contributed by atoms with Crippen LogP contribution in [0.2, 0.25) is 0 Å². The zero-order valence-corrected chi connectivity index (χ0v) is 33.5. The number of rotatable bonds is 4. The van der Waals surface area contributed by atoms with Gasteiger partial charge in [-0.05, 0) is 104 Å². The number of nitrogens with zero attached hydrogens (tertiary/aromatic N) is 1. The molecule has 3 heteroatoms. The Morgan fingerprint density at radius 3 is 1.88 bits per heavy atom. The number of fused-ring (bicyclic) bond motifs is 10. The topological polar surface area (TPSA) is 29.5 Å². The molecule has 0 saturated heterocycles. The second-order valence-electron chi connectivity index (χ2n) is 18.2. The summed E-state index contributed by atoms with van der Waals surface area (Å²) in [4.78, 5) is 2.37. The van der Waals surface area contributed by atoms with Gasteiger partial charge in [0.1, 0.15) is 22.3 Å². The smallest absolute Gasteiger partial charge is 0.139 e. The van der Waals surface area contributed by atoms with Gasteiger partial charge in [-0.25, -0.2) is 0 Å². The SMILES string of the molecule is CC(C)(C)c1cc(C(C)(C)C)c2oc3ccc4c(c3c2c1)-c1cc(N(c2ccc(-c3ccccc3)cc2)c2ccc3c(c2)oc2ccccc23)ccc1C4(C)C. The summed E-state index contributed by atoms with van der Waals surface area (Å²) in [6.07, 6.45) is 0. The van der Waals surface area contributed by atoms with Crippen molar-refractivity contribution in [3.05, 3.63) is 162 Å². The lowest BCUT2D eigenvalue weighted by Gasteiger charge is -2.27. The lowest BCUT2D eigenvalue weighted by atomic mass is 9.79. The largest absolute Gasteiger partial charge is 0.456 e. The minimum atomic E-state index is -0.190. The van der Waals surface area contributed by atoms with Gasteiger partial charge >= 0.3 is 0 Å². The molecule has 0 amide bonds. The molecule has 0 unspecified atom stereocenters. The quantitative estimate of drug-likeness (QED) is 0.181. The molecule has 276 valence electrons. The molecule has 10 rings (SSSR count). The molecule has 2 aromatic heterocycles. The summed E-state index contributed by atoms with van der Waals surface area (Å²) in [5.74, 6) is 0. The maximum Gasteiger partial charge on any atom is 0.139 e. The van der Waals surface area contributed by atoms with Crippen LogP contribution in [-0.2, 0) is 16.2 Å². The predicted molar refractivity (Wildman–Crippen MR) is 236 cm³/mol. The predicted octanol–water partition coefficient (Wildman–Crippen LogP) is 15.5. The zero-order chi connectivity index (χ0) is 38.7. The van der Waals surface area contributed by atoms with Crippen molar-refractivity contribution >= 4 is 60.9 Å². The van der Waals surface area contributed by atoms with E-state index in [9.17, 15) is 0 Å². The third-order valence-electron chi connectivity index (χ3n) is 12.1. The van der Waals surface area contributed by atoms with Crippen molar-refractivity contribution in [1.29, 1.82) is 0 Å². The van der Waals surface area contributed by atoms with Crippen molar-refractivity contribution in [3.63, 3.8) is 0 Å². The van der Waals surface area contributed by atoms with E-state index in [-0.39, 0.29) is 16.2 Å². The zero-order valence-electron chi connectivity index (χ0n) is 33.5. The molecule has 9 aromatic rings. The third kappa shape index (κ3) is 5.24. The normalized spacial score (nSPS) is 13.9. The van der Waals surface area contributed by atoms with Crippen LogP contribution >= 0.6 is 0 Å². The molecule has 0 aliphatic heterocycles. The van der Waals surface area contributed by atoms with E-state index in [2.05, 4.69) is 188 Å². The first-order valence-electron chi connectivity index (χ1n) is 19.8. The molecule has 0 radical (unpaired) electrons. The monoisotopic (exact) mass is 729 g/mol. The van der Waals surface area contributed by atoms with Crippen molar-refractivity contribution in [2.75, 3.05) is 4.90 Å². The molecule has 56 heavy (non-hydrogen) atoms. The van der Waals surface area contributed by atoms with Gasteiger partial charge in [-0.1, -0.05) is 134 Å². The molecule has 1 aliphatic rings. The number of anilines is 3. The summed E-state index contributed by atoms with van der Waals surface area (Å²) in [6.45, 7) is 18.5. The molecule has 0 fully saturated rings. The Bertz CT molecular complexity index is 3000. The summed E-state index contributed by atoms with van der Waals surface area (Å²) in [6, 6.07) is 50.7. The summed E-state index contributed by atoms with van der Waals surface area (Å²) in [7, 11) is 0. The van der Waals surface area contributed by atoms with Crippen LogP contribution in [0.15, 0.2) is 148 Å². The van der Waals surface area contributed by atoms with E-state index in [0.29, 0.717) is 0 Å². The van der Waals surface area contributed by atoms with Crippen LogP contribution in [0.1, 0.15) is 77.6 Å². The van der Waals surface area contributed by atoms with Gasteiger partial charge in [0.2, 0.25) is 0 Å². The van der Waals surface area contributed by atoms with Gasteiger partial charge in [0.25, 0.3) is 0 Å². The van der Waals surface area contributed by atoms with Crippen LogP contribution in [0.25, 0.3) is 66.1 Å². The van der Waals surface area contributed by atoms with Crippen LogP contribution in [0.5, 0.6) is 0 Å². The molecule has 0 N–H and O–H groups in total. The Balaban J connectivity index is 1.21. The molecule has 0 saturated carbocycles. The van der Waals surface area contributed by atoms with Crippen molar-refractivity contribution in [1.82, 2.24) is 0 Å². The molecule has 0 bridgehead atoms. The Morgan fingerprint density at radius 1 is 0.482 bits per heavy atom.